The van der Waals surface area contributed by atoms with Gasteiger partial charge in [-0.3, -0.25) is 0 Å². The van der Waals surface area contributed by atoms with Crippen LogP contribution in [0.15, 0.2) is 23.1 Å². The number of rotatable bonds is 2. The topological polar surface area (TPSA) is 27.0 Å². The van der Waals surface area contributed by atoms with Crippen LogP contribution < -0.4 is 4.90 Å². The van der Waals surface area contributed by atoms with Crippen molar-refractivity contribution in [1.29, 1.82) is 5.26 Å². The summed E-state index contributed by atoms with van der Waals surface area (Å²) < 4.78 is 0. The van der Waals surface area contributed by atoms with Gasteiger partial charge in [-0.05, 0) is 37.7 Å². The summed E-state index contributed by atoms with van der Waals surface area (Å²) in [5.41, 5.74) is 1.94. The quantitative estimate of drug-likeness (QED) is 0.747. The van der Waals surface area contributed by atoms with Gasteiger partial charge >= 0.3 is 0 Å². The molecule has 2 rings (SSSR count). The van der Waals surface area contributed by atoms with Crippen molar-refractivity contribution in [3.63, 3.8) is 0 Å². The lowest BCUT2D eigenvalue weighted by Crippen LogP contribution is -2.27. The third-order valence-electron chi connectivity index (χ3n) is 3.43. The summed E-state index contributed by atoms with van der Waals surface area (Å²) in [5, 5.41) is 9.35. The van der Waals surface area contributed by atoms with E-state index >= 15 is 0 Å². The molecular formula is C14H18N2S. The Morgan fingerprint density at radius 1 is 1.41 bits per heavy atom. The Bertz CT molecular complexity index is 450. The fourth-order valence-corrected chi connectivity index (χ4v) is 3.25. The van der Waals surface area contributed by atoms with Gasteiger partial charge in [0.2, 0.25) is 0 Å². The molecule has 1 aliphatic rings. The summed E-state index contributed by atoms with van der Waals surface area (Å²) in [6, 6.07) is 9.06. The molecule has 0 aliphatic carbocycles. The van der Waals surface area contributed by atoms with Crippen molar-refractivity contribution in [1.82, 2.24) is 0 Å². The molecule has 1 aliphatic heterocycles. The van der Waals surface area contributed by atoms with Gasteiger partial charge in [-0.2, -0.15) is 5.26 Å². The number of nitrogens with zero attached hydrogens (tertiary/aromatic N) is 2. The minimum absolute atomic E-state index is 0.536. The van der Waals surface area contributed by atoms with Crippen molar-refractivity contribution >= 4 is 17.4 Å². The third kappa shape index (κ3) is 2.28. The summed E-state index contributed by atoms with van der Waals surface area (Å²) in [7, 11) is 0. The van der Waals surface area contributed by atoms with E-state index in [0.29, 0.717) is 6.04 Å². The predicted octanol–water partition coefficient (Wildman–Crippen LogP) is 3.51. The standard InChI is InChI=1S/C14H18N2S/c1-10-7-11(2)16(9-10)13-5-4-6-14(17-3)12(13)8-15/h4-6,10-11H,7,9H2,1-3H3. The fraction of sp³-hybridized carbons (Fsp3) is 0.500. The molecule has 0 bridgehead atoms. The Morgan fingerprint density at radius 3 is 2.71 bits per heavy atom. The predicted molar refractivity (Wildman–Crippen MR) is 73.5 cm³/mol. The van der Waals surface area contributed by atoms with Gasteiger partial charge < -0.3 is 4.90 Å². The summed E-state index contributed by atoms with van der Waals surface area (Å²) in [6.07, 6.45) is 3.24. The van der Waals surface area contributed by atoms with Crippen LogP contribution in [0.4, 0.5) is 5.69 Å². The van der Waals surface area contributed by atoms with Gasteiger partial charge in [0.25, 0.3) is 0 Å². The lowest BCUT2D eigenvalue weighted by atomic mass is 10.1. The number of hydrogen-bond acceptors (Lipinski definition) is 3. The molecule has 2 unspecified atom stereocenters. The number of nitriles is 1. The molecule has 3 heteroatoms. The zero-order valence-corrected chi connectivity index (χ0v) is 11.4. The molecule has 0 N–H and O–H groups in total. The number of thioether (sulfide) groups is 1. The Kier molecular flexibility index (Phi) is 3.63. The Labute approximate surface area is 108 Å². The van der Waals surface area contributed by atoms with Crippen molar-refractivity contribution in [2.45, 2.75) is 31.2 Å². The molecule has 0 amide bonds. The minimum Gasteiger partial charge on any atom is -0.367 e. The molecule has 1 aromatic carbocycles. The van der Waals surface area contributed by atoms with Gasteiger partial charge in [-0.25, -0.2) is 0 Å². The van der Waals surface area contributed by atoms with Crippen molar-refractivity contribution in [3.05, 3.63) is 23.8 Å². The summed E-state index contributed by atoms with van der Waals surface area (Å²) in [6.45, 7) is 5.59. The molecule has 0 aromatic heterocycles. The lowest BCUT2D eigenvalue weighted by Gasteiger charge is -2.25. The fourth-order valence-electron chi connectivity index (χ4n) is 2.68. The van der Waals surface area contributed by atoms with E-state index in [9.17, 15) is 5.26 Å². The average molecular weight is 246 g/mol. The first-order chi connectivity index (χ1) is 8.17. The van der Waals surface area contributed by atoms with Crippen LogP contribution >= 0.6 is 11.8 Å². The number of benzene rings is 1. The van der Waals surface area contributed by atoms with Crippen molar-refractivity contribution in [3.8, 4) is 6.07 Å². The largest absolute Gasteiger partial charge is 0.367 e. The van der Waals surface area contributed by atoms with Gasteiger partial charge in [-0.1, -0.05) is 13.0 Å². The van der Waals surface area contributed by atoms with Crippen LogP contribution in [0.25, 0.3) is 0 Å². The van der Waals surface area contributed by atoms with E-state index in [-0.39, 0.29) is 0 Å². The number of hydrogen-bond donors (Lipinski definition) is 0. The molecule has 2 nitrogen and oxygen atoms in total. The highest BCUT2D eigenvalue weighted by atomic mass is 32.2. The smallest absolute Gasteiger partial charge is 0.103 e. The lowest BCUT2D eigenvalue weighted by molar-refractivity contribution is 0.625. The summed E-state index contributed by atoms with van der Waals surface area (Å²) in [4.78, 5) is 3.46. The Morgan fingerprint density at radius 2 is 2.18 bits per heavy atom. The SMILES string of the molecule is CSc1cccc(N2CC(C)CC2C)c1C#N. The molecule has 17 heavy (non-hydrogen) atoms. The molecular weight excluding hydrogens is 228 g/mol. The first-order valence-corrected chi connectivity index (χ1v) is 7.23. The first kappa shape index (κ1) is 12.3. The second-order valence-electron chi connectivity index (χ2n) is 4.81. The molecule has 1 fully saturated rings. The van der Waals surface area contributed by atoms with Crippen molar-refractivity contribution in [2.75, 3.05) is 17.7 Å². The summed E-state index contributed by atoms with van der Waals surface area (Å²) >= 11 is 1.65. The van der Waals surface area contributed by atoms with Crippen LogP contribution in [0.3, 0.4) is 0 Å². The normalized spacial score (nSPS) is 23.8. The molecule has 1 heterocycles. The first-order valence-electron chi connectivity index (χ1n) is 6.01. The number of anilines is 1. The molecule has 1 aromatic rings. The van der Waals surface area contributed by atoms with E-state index in [0.717, 1.165) is 28.6 Å². The second kappa shape index (κ2) is 5.01. The van der Waals surface area contributed by atoms with Crippen LogP contribution in [0.5, 0.6) is 0 Å². The Balaban J connectivity index is 2.42. The second-order valence-corrected chi connectivity index (χ2v) is 5.66. The van der Waals surface area contributed by atoms with E-state index in [1.807, 2.05) is 12.3 Å². The van der Waals surface area contributed by atoms with E-state index in [1.165, 1.54) is 6.42 Å². The molecule has 0 saturated carbocycles. The van der Waals surface area contributed by atoms with E-state index < -0.39 is 0 Å². The monoisotopic (exact) mass is 246 g/mol. The van der Waals surface area contributed by atoms with Gasteiger partial charge in [-0.15, -0.1) is 11.8 Å². The molecule has 1 saturated heterocycles. The highest BCUT2D eigenvalue weighted by Crippen LogP contribution is 2.34. The van der Waals surface area contributed by atoms with Crippen LogP contribution in [0, 0.1) is 17.2 Å². The van der Waals surface area contributed by atoms with Gasteiger partial charge in [0.15, 0.2) is 0 Å². The molecule has 2 atom stereocenters. The van der Waals surface area contributed by atoms with Gasteiger partial charge in [0.1, 0.15) is 6.07 Å². The van der Waals surface area contributed by atoms with E-state index in [2.05, 4.69) is 36.9 Å². The van der Waals surface area contributed by atoms with Crippen LogP contribution in [0.1, 0.15) is 25.8 Å². The maximum absolute atomic E-state index is 9.35. The molecule has 0 radical (unpaired) electrons. The highest BCUT2D eigenvalue weighted by Gasteiger charge is 2.28. The molecule has 90 valence electrons. The van der Waals surface area contributed by atoms with E-state index in [1.54, 1.807) is 11.8 Å². The maximum Gasteiger partial charge on any atom is 0.103 e. The van der Waals surface area contributed by atoms with Crippen molar-refractivity contribution in [2.24, 2.45) is 5.92 Å². The summed E-state index contributed by atoms with van der Waals surface area (Å²) in [5.74, 6) is 0.717. The average Bonchev–Trinajstić information content (AvgIpc) is 2.67. The highest BCUT2D eigenvalue weighted by molar-refractivity contribution is 7.98. The van der Waals surface area contributed by atoms with E-state index in [4.69, 9.17) is 0 Å². The van der Waals surface area contributed by atoms with Crippen LogP contribution in [-0.4, -0.2) is 18.8 Å². The maximum atomic E-state index is 9.35. The third-order valence-corrected chi connectivity index (χ3v) is 4.21. The van der Waals surface area contributed by atoms with Gasteiger partial charge in [0.05, 0.1) is 11.3 Å². The Hall–Kier alpha value is -1.14. The van der Waals surface area contributed by atoms with Crippen molar-refractivity contribution < 1.29 is 0 Å². The molecule has 0 spiro atoms. The zero-order valence-electron chi connectivity index (χ0n) is 10.6. The van der Waals surface area contributed by atoms with Crippen LogP contribution in [-0.2, 0) is 0 Å². The van der Waals surface area contributed by atoms with Gasteiger partial charge in [0, 0.05) is 17.5 Å². The van der Waals surface area contributed by atoms with Crippen LogP contribution in [0.2, 0.25) is 0 Å². The minimum atomic E-state index is 0.536. The zero-order chi connectivity index (χ0) is 12.4.